The number of halogens is 3. The minimum Gasteiger partial charge on any atom is -0.489 e. The van der Waals surface area contributed by atoms with Crippen molar-refractivity contribution in [3.63, 3.8) is 0 Å². The zero-order valence-corrected chi connectivity index (χ0v) is 19.8. The quantitative estimate of drug-likeness (QED) is 0.454. The van der Waals surface area contributed by atoms with Crippen LogP contribution in [0.3, 0.4) is 0 Å². The molecule has 0 saturated carbocycles. The third kappa shape index (κ3) is 6.35. The number of piperidine rings is 1. The molecule has 1 aliphatic rings. The molecule has 0 bridgehead atoms. The number of rotatable bonds is 7. The Morgan fingerprint density at radius 2 is 1.43 bits per heavy atom. The third-order valence-corrected chi connectivity index (χ3v) is 6.12. The van der Waals surface area contributed by atoms with Crippen molar-refractivity contribution < 1.29 is 32.3 Å². The number of carbonyl (C=O) groups is 3. The second-order valence-electron chi connectivity index (χ2n) is 8.62. The van der Waals surface area contributed by atoms with Crippen molar-refractivity contribution in [1.82, 2.24) is 10.2 Å². The molecular formula is C28H25F3N2O4. The molecule has 4 rings (SSSR count). The topological polar surface area (TPSA) is 75.7 Å². The number of hydrogen-bond donors (Lipinski definition) is 1. The predicted molar refractivity (Wildman–Crippen MR) is 131 cm³/mol. The van der Waals surface area contributed by atoms with Crippen molar-refractivity contribution in [2.24, 2.45) is 0 Å². The van der Waals surface area contributed by atoms with Crippen molar-refractivity contribution in [3.05, 3.63) is 101 Å². The SMILES string of the molecule is O=C(CNC(=O)c1ccccc1OC1CCN(C(=O)c2ccccc2C(F)(F)F)CC1)c1ccccc1. The minimum absolute atomic E-state index is 0.170. The average molecular weight is 511 g/mol. The lowest BCUT2D eigenvalue weighted by atomic mass is 10.0. The van der Waals surface area contributed by atoms with Crippen molar-refractivity contribution in [2.75, 3.05) is 19.6 Å². The van der Waals surface area contributed by atoms with Crippen molar-refractivity contribution in [3.8, 4) is 5.75 Å². The van der Waals surface area contributed by atoms with Crippen LogP contribution in [0.5, 0.6) is 5.75 Å². The van der Waals surface area contributed by atoms with Gasteiger partial charge in [0.15, 0.2) is 5.78 Å². The Balaban J connectivity index is 1.35. The van der Waals surface area contributed by atoms with Crippen LogP contribution >= 0.6 is 0 Å². The highest BCUT2D eigenvalue weighted by molar-refractivity contribution is 6.03. The van der Waals surface area contributed by atoms with Gasteiger partial charge in [0.1, 0.15) is 11.9 Å². The van der Waals surface area contributed by atoms with Gasteiger partial charge in [-0.15, -0.1) is 0 Å². The number of likely N-dealkylation sites (tertiary alicyclic amines) is 1. The summed E-state index contributed by atoms with van der Waals surface area (Å²) in [7, 11) is 0. The maximum absolute atomic E-state index is 13.3. The van der Waals surface area contributed by atoms with E-state index in [1.807, 2.05) is 0 Å². The maximum Gasteiger partial charge on any atom is 0.417 e. The van der Waals surface area contributed by atoms with Crippen LogP contribution in [0.1, 0.15) is 49.5 Å². The van der Waals surface area contributed by atoms with Gasteiger partial charge >= 0.3 is 6.18 Å². The smallest absolute Gasteiger partial charge is 0.417 e. The molecule has 6 nitrogen and oxygen atoms in total. The number of benzene rings is 3. The summed E-state index contributed by atoms with van der Waals surface area (Å²) in [5, 5.41) is 2.62. The number of ether oxygens (including phenoxy) is 1. The molecule has 0 unspecified atom stereocenters. The van der Waals surface area contributed by atoms with E-state index >= 15 is 0 Å². The van der Waals surface area contributed by atoms with Gasteiger partial charge in [-0.25, -0.2) is 0 Å². The van der Waals surface area contributed by atoms with Gasteiger partial charge in [0.05, 0.1) is 23.2 Å². The average Bonchev–Trinajstić information content (AvgIpc) is 2.92. The molecule has 1 fully saturated rings. The number of ketones is 1. The van der Waals surface area contributed by atoms with Crippen LogP contribution < -0.4 is 10.1 Å². The summed E-state index contributed by atoms with van der Waals surface area (Å²) in [6.07, 6.45) is -4.17. The number of carbonyl (C=O) groups excluding carboxylic acids is 3. The van der Waals surface area contributed by atoms with E-state index in [1.165, 1.54) is 23.1 Å². The number of nitrogens with zero attached hydrogens (tertiary/aromatic N) is 1. The van der Waals surface area contributed by atoms with Crippen LogP contribution in [0.15, 0.2) is 78.9 Å². The number of nitrogens with one attached hydrogen (secondary N) is 1. The molecule has 1 N–H and O–H groups in total. The summed E-state index contributed by atoms with van der Waals surface area (Å²) in [4.78, 5) is 39.3. The Kier molecular flexibility index (Phi) is 7.91. The molecule has 0 atom stereocenters. The molecule has 2 amide bonds. The lowest BCUT2D eigenvalue weighted by molar-refractivity contribution is -0.138. The third-order valence-electron chi connectivity index (χ3n) is 6.12. The van der Waals surface area contributed by atoms with Crippen LogP contribution in [-0.2, 0) is 6.18 Å². The summed E-state index contributed by atoms with van der Waals surface area (Å²) in [6, 6.07) is 20.0. The van der Waals surface area contributed by atoms with Gasteiger partial charge in [0.2, 0.25) is 0 Å². The van der Waals surface area contributed by atoms with Gasteiger partial charge in [0, 0.05) is 31.5 Å². The van der Waals surface area contributed by atoms with E-state index < -0.39 is 23.6 Å². The number of amides is 2. The summed E-state index contributed by atoms with van der Waals surface area (Å²) >= 11 is 0. The second kappa shape index (κ2) is 11.3. The summed E-state index contributed by atoms with van der Waals surface area (Å²) in [5.74, 6) is -1.03. The van der Waals surface area contributed by atoms with Gasteiger partial charge < -0.3 is 15.0 Å². The Hall–Kier alpha value is -4.14. The first kappa shape index (κ1) is 25.9. The van der Waals surface area contributed by atoms with E-state index in [0.717, 1.165) is 6.07 Å². The molecule has 0 spiro atoms. The van der Waals surface area contributed by atoms with E-state index in [2.05, 4.69) is 5.32 Å². The highest BCUT2D eigenvalue weighted by Crippen LogP contribution is 2.33. The zero-order valence-electron chi connectivity index (χ0n) is 19.8. The van der Waals surface area contributed by atoms with Gasteiger partial charge in [-0.3, -0.25) is 14.4 Å². The number of Topliss-reactive ketones (excluding diaryl/α,β-unsaturated/α-hetero) is 1. The lowest BCUT2D eigenvalue weighted by Crippen LogP contribution is -2.42. The Labute approximate surface area is 212 Å². The van der Waals surface area contributed by atoms with Crippen LogP contribution in [0.2, 0.25) is 0 Å². The molecule has 1 aliphatic heterocycles. The molecular weight excluding hydrogens is 485 g/mol. The van der Waals surface area contributed by atoms with Crippen molar-refractivity contribution >= 4 is 17.6 Å². The zero-order chi connectivity index (χ0) is 26.4. The monoisotopic (exact) mass is 510 g/mol. The van der Waals surface area contributed by atoms with E-state index in [-0.39, 0.29) is 42.6 Å². The first-order chi connectivity index (χ1) is 17.7. The maximum atomic E-state index is 13.3. The highest BCUT2D eigenvalue weighted by atomic mass is 19.4. The first-order valence-corrected chi connectivity index (χ1v) is 11.8. The summed E-state index contributed by atoms with van der Waals surface area (Å²) < 4.78 is 46.0. The van der Waals surface area contributed by atoms with E-state index in [9.17, 15) is 27.6 Å². The molecule has 1 saturated heterocycles. The molecule has 9 heteroatoms. The number of alkyl halides is 3. The molecule has 0 radical (unpaired) electrons. The van der Waals surface area contributed by atoms with Crippen LogP contribution in [0.25, 0.3) is 0 Å². The van der Waals surface area contributed by atoms with E-state index in [4.69, 9.17) is 4.74 Å². The lowest BCUT2D eigenvalue weighted by Gasteiger charge is -2.33. The predicted octanol–water partition coefficient (Wildman–Crippen LogP) is 5.00. The molecule has 37 heavy (non-hydrogen) atoms. The van der Waals surface area contributed by atoms with Crippen LogP contribution in [-0.4, -0.2) is 48.2 Å². The summed E-state index contributed by atoms with van der Waals surface area (Å²) in [5.41, 5.74) is -0.571. The van der Waals surface area contributed by atoms with E-state index in [1.54, 1.807) is 54.6 Å². The molecule has 3 aromatic carbocycles. The summed E-state index contributed by atoms with van der Waals surface area (Å²) in [6.45, 7) is 0.266. The van der Waals surface area contributed by atoms with Crippen molar-refractivity contribution in [1.29, 1.82) is 0 Å². The first-order valence-electron chi connectivity index (χ1n) is 11.8. The van der Waals surface area contributed by atoms with Crippen LogP contribution in [0, 0.1) is 0 Å². The van der Waals surface area contributed by atoms with Gasteiger partial charge in [-0.1, -0.05) is 54.6 Å². The van der Waals surface area contributed by atoms with Gasteiger partial charge in [-0.2, -0.15) is 13.2 Å². The largest absolute Gasteiger partial charge is 0.489 e. The van der Waals surface area contributed by atoms with Crippen LogP contribution in [0.4, 0.5) is 13.2 Å². The van der Waals surface area contributed by atoms with Gasteiger partial charge in [-0.05, 0) is 24.3 Å². The molecule has 3 aromatic rings. The van der Waals surface area contributed by atoms with Crippen molar-refractivity contribution in [2.45, 2.75) is 25.1 Å². The minimum atomic E-state index is -4.62. The fourth-order valence-corrected chi connectivity index (χ4v) is 4.18. The molecule has 192 valence electrons. The Bertz CT molecular complexity index is 1270. The highest BCUT2D eigenvalue weighted by Gasteiger charge is 2.36. The fraction of sp³-hybridized carbons (Fsp3) is 0.250. The Morgan fingerprint density at radius 1 is 0.838 bits per heavy atom. The van der Waals surface area contributed by atoms with E-state index in [0.29, 0.717) is 24.2 Å². The molecule has 0 aliphatic carbocycles. The standard InChI is InChI=1S/C28H25F3N2O4/c29-28(30,31)23-12-6-4-10-21(23)27(36)33-16-14-20(15-17-33)37-25-13-7-5-11-22(25)26(35)32-18-24(34)19-8-2-1-3-9-19/h1-13,20H,14-18H2,(H,32,35). The fourth-order valence-electron chi connectivity index (χ4n) is 4.18. The Morgan fingerprint density at radius 3 is 2.11 bits per heavy atom. The number of para-hydroxylation sites is 1. The molecule has 0 aromatic heterocycles. The second-order valence-corrected chi connectivity index (χ2v) is 8.62. The normalized spacial score (nSPS) is 14.2. The molecule has 1 heterocycles. The van der Waals surface area contributed by atoms with Gasteiger partial charge in [0.25, 0.3) is 11.8 Å². The number of hydrogen-bond acceptors (Lipinski definition) is 4.